The number of anilines is 2. The highest BCUT2D eigenvalue weighted by Crippen LogP contribution is 2.46. The summed E-state index contributed by atoms with van der Waals surface area (Å²) in [4.78, 5) is 28.6. The van der Waals surface area contributed by atoms with E-state index in [0.717, 1.165) is 19.4 Å². The summed E-state index contributed by atoms with van der Waals surface area (Å²) in [6.07, 6.45) is 5.62. The molecule has 14 heteroatoms. The Morgan fingerprint density at radius 2 is 1.95 bits per heavy atom. The van der Waals surface area contributed by atoms with Gasteiger partial charge in [0.15, 0.2) is 5.82 Å². The first-order valence-corrected chi connectivity index (χ1v) is 15.3. The minimum Gasteiger partial charge on any atom is -0.495 e. The average Bonchev–Trinajstić information content (AvgIpc) is 3.50. The van der Waals surface area contributed by atoms with Crippen LogP contribution >= 0.6 is 23.2 Å². The lowest BCUT2D eigenvalue weighted by Gasteiger charge is -2.32. The van der Waals surface area contributed by atoms with Crippen LogP contribution in [0, 0.1) is 0 Å². The van der Waals surface area contributed by atoms with Crippen molar-refractivity contribution in [2.75, 3.05) is 64.3 Å². The number of methoxy groups -OCH3 is 2. The fourth-order valence-electron chi connectivity index (χ4n) is 5.65. The van der Waals surface area contributed by atoms with Crippen LogP contribution in [0.1, 0.15) is 19.3 Å². The van der Waals surface area contributed by atoms with Crippen LogP contribution < -0.4 is 25.4 Å². The Morgan fingerprint density at radius 3 is 2.66 bits per heavy atom. The van der Waals surface area contributed by atoms with Crippen molar-refractivity contribution < 1.29 is 24.1 Å². The van der Waals surface area contributed by atoms with Crippen molar-refractivity contribution in [1.82, 2.24) is 25.2 Å². The van der Waals surface area contributed by atoms with Gasteiger partial charge in [-0.25, -0.2) is 15.0 Å². The molecule has 1 unspecified atom stereocenters. The van der Waals surface area contributed by atoms with Gasteiger partial charge in [-0.2, -0.15) is 0 Å². The zero-order valence-corrected chi connectivity index (χ0v) is 26.2. The van der Waals surface area contributed by atoms with E-state index in [1.807, 2.05) is 6.07 Å². The highest BCUT2D eigenvalue weighted by atomic mass is 35.5. The number of halogens is 2. The number of hydrogen-bond donors (Lipinski definition) is 4. The van der Waals surface area contributed by atoms with E-state index in [1.54, 1.807) is 12.3 Å². The van der Waals surface area contributed by atoms with Crippen LogP contribution in [0.25, 0.3) is 22.2 Å². The second-order valence-electron chi connectivity index (χ2n) is 10.6. The van der Waals surface area contributed by atoms with Gasteiger partial charge in [0.2, 0.25) is 11.9 Å². The Hall–Kier alpha value is -3.42. The van der Waals surface area contributed by atoms with Crippen LogP contribution in [0.2, 0.25) is 10.0 Å². The zero-order valence-electron chi connectivity index (χ0n) is 24.7. The summed E-state index contributed by atoms with van der Waals surface area (Å²) < 4.78 is 16.6. The predicted molar refractivity (Wildman–Crippen MR) is 171 cm³/mol. The van der Waals surface area contributed by atoms with E-state index < -0.39 is 0 Å². The number of rotatable bonds is 12. The fraction of sp³-hybridized carbons (Fsp3) is 0.467. The van der Waals surface area contributed by atoms with Crippen molar-refractivity contribution in [2.24, 2.45) is 0 Å². The maximum Gasteiger partial charge on any atom is 0.243 e. The van der Waals surface area contributed by atoms with Gasteiger partial charge in [0.1, 0.15) is 17.0 Å². The van der Waals surface area contributed by atoms with Gasteiger partial charge in [-0.15, -0.1) is 0 Å². The summed E-state index contributed by atoms with van der Waals surface area (Å²) in [5.74, 6) is 1.41. The molecule has 236 valence electrons. The Labute approximate surface area is 266 Å². The number of aliphatic hydroxyl groups excluding tert-OH is 1. The van der Waals surface area contributed by atoms with Gasteiger partial charge in [0.05, 0.1) is 55.3 Å². The van der Waals surface area contributed by atoms with Crippen molar-refractivity contribution in [3.05, 3.63) is 41.0 Å². The topological polar surface area (TPSA) is 143 Å². The number of aliphatic hydroxyl groups is 1. The van der Waals surface area contributed by atoms with E-state index >= 15 is 0 Å². The molecule has 1 amide bonds. The summed E-state index contributed by atoms with van der Waals surface area (Å²) >= 11 is 13.5. The van der Waals surface area contributed by atoms with Gasteiger partial charge in [0, 0.05) is 49.0 Å². The number of amides is 1. The van der Waals surface area contributed by atoms with Crippen LogP contribution in [0.15, 0.2) is 31.0 Å². The van der Waals surface area contributed by atoms with Crippen LogP contribution in [-0.4, -0.2) is 103 Å². The lowest BCUT2D eigenvalue weighted by Crippen LogP contribution is -2.52. The molecule has 12 nitrogen and oxygen atoms in total. The van der Waals surface area contributed by atoms with Gasteiger partial charge in [-0.1, -0.05) is 29.8 Å². The van der Waals surface area contributed by atoms with Gasteiger partial charge >= 0.3 is 0 Å². The van der Waals surface area contributed by atoms with E-state index in [1.165, 1.54) is 20.3 Å². The molecule has 0 bridgehead atoms. The number of pyridine rings is 1. The van der Waals surface area contributed by atoms with Crippen LogP contribution in [-0.2, 0) is 9.53 Å². The first kappa shape index (κ1) is 32.0. The third-order valence-corrected chi connectivity index (χ3v) is 8.73. The molecule has 44 heavy (non-hydrogen) atoms. The smallest absolute Gasteiger partial charge is 0.243 e. The number of nitrogens with one attached hydrogen (secondary N) is 3. The van der Waals surface area contributed by atoms with E-state index in [9.17, 15) is 9.90 Å². The van der Waals surface area contributed by atoms with Gasteiger partial charge < -0.3 is 35.3 Å². The second-order valence-corrected chi connectivity index (χ2v) is 11.4. The SMILES string of the molecule is C=CC(=O)N[C@H]1CCOC[C@H]1Nc1ncc2cc(-c3c(Cl)c(OC)cc(OC)c3Cl)nc(NCCN3CCCC3CO)c2n1. The lowest BCUT2D eigenvalue weighted by molar-refractivity contribution is -0.117. The second kappa shape index (κ2) is 14.6. The number of ether oxygens (including phenoxy) is 3. The third-order valence-electron chi connectivity index (χ3n) is 7.98. The van der Waals surface area contributed by atoms with Crippen molar-refractivity contribution in [1.29, 1.82) is 0 Å². The number of carbonyl (C=O) groups is 1. The number of carbonyl (C=O) groups excluding carboxylic acids is 1. The Bertz CT molecular complexity index is 1480. The normalized spacial score (nSPS) is 20.3. The molecule has 2 aliphatic rings. The number of benzene rings is 1. The lowest BCUT2D eigenvalue weighted by atomic mass is 10.0. The Balaban J connectivity index is 1.51. The third kappa shape index (κ3) is 6.94. The molecule has 4 heterocycles. The molecule has 0 saturated carbocycles. The average molecular weight is 647 g/mol. The van der Waals surface area contributed by atoms with Crippen LogP contribution in [0.3, 0.4) is 0 Å². The maximum atomic E-state index is 12.0. The summed E-state index contributed by atoms with van der Waals surface area (Å²) in [5.41, 5.74) is 1.52. The monoisotopic (exact) mass is 645 g/mol. The molecule has 3 atom stereocenters. The van der Waals surface area contributed by atoms with E-state index in [0.29, 0.717) is 88.2 Å². The number of aromatic nitrogens is 3. The fourth-order valence-corrected chi connectivity index (χ4v) is 6.34. The summed E-state index contributed by atoms with van der Waals surface area (Å²) in [6.45, 7) is 6.80. The van der Waals surface area contributed by atoms with Crippen molar-refractivity contribution >= 4 is 51.8 Å². The van der Waals surface area contributed by atoms with Crippen molar-refractivity contribution in [3.8, 4) is 22.8 Å². The van der Waals surface area contributed by atoms with E-state index in [4.69, 9.17) is 47.4 Å². The number of likely N-dealkylation sites (tertiary alicyclic amines) is 1. The molecule has 2 aliphatic heterocycles. The Kier molecular flexibility index (Phi) is 10.6. The first-order chi connectivity index (χ1) is 21.4. The van der Waals surface area contributed by atoms with Crippen LogP contribution in [0.4, 0.5) is 11.8 Å². The summed E-state index contributed by atoms with van der Waals surface area (Å²) in [6, 6.07) is 3.16. The van der Waals surface area contributed by atoms with Gasteiger partial charge in [0.25, 0.3) is 0 Å². The molecule has 2 saturated heterocycles. The van der Waals surface area contributed by atoms with E-state index in [-0.39, 0.29) is 30.6 Å². The standard InChI is InChI=1S/C30H37Cl2N7O5/c1-4-24(41)35-19-7-11-44-16-21(19)37-30-34-14-17-12-20(25-26(31)22(42-2)13-23(43-3)27(25)32)36-29(28(17)38-30)33-8-10-39-9-5-6-18(39)15-40/h4,12-14,18-19,21,40H,1,5-11,15-16H2,2-3H3,(H,33,36)(H,35,41)(H,34,37,38)/t18?,19-,21+/m0/s1. The Morgan fingerprint density at radius 1 is 1.18 bits per heavy atom. The molecule has 2 aromatic heterocycles. The number of fused-ring (bicyclic) bond motifs is 1. The molecule has 5 rings (SSSR count). The maximum absolute atomic E-state index is 12.0. The highest BCUT2D eigenvalue weighted by Gasteiger charge is 2.28. The number of nitrogens with zero attached hydrogens (tertiary/aromatic N) is 4. The molecule has 2 fully saturated rings. The molecular formula is C30H37Cl2N7O5. The largest absolute Gasteiger partial charge is 0.495 e. The molecular weight excluding hydrogens is 609 g/mol. The molecule has 1 aromatic carbocycles. The number of hydrogen-bond acceptors (Lipinski definition) is 11. The highest BCUT2D eigenvalue weighted by molar-refractivity contribution is 6.41. The summed E-state index contributed by atoms with van der Waals surface area (Å²) in [5, 5.41) is 20.8. The van der Waals surface area contributed by atoms with Gasteiger partial charge in [-0.05, 0) is 37.9 Å². The zero-order chi connectivity index (χ0) is 31.2. The minimum absolute atomic E-state index is 0.132. The molecule has 0 aliphatic carbocycles. The van der Waals surface area contributed by atoms with Gasteiger partial charge in [-0.3, -0.25) is 9.69 Å². The molecule has 0 radical (unpaired) electrons. The summed E-state index contributed by atoms with van der Waals surface area (Å²) in [7, 11) is 3.04. The molecule has 4 N–H and O–H groups in total. The molecule has 0 spiro atoms. The molecule has 3 aromatic rings. The van der Waals surface area contributed by atoms with Crippen LogP contribution in [0.5, 0.6) is 11.5 Å². The van der Waals surface area contributed by atoms with Crippen molar-refractivity contribution in [3.63, 3.8) is 0 Å². The van der Waals surface area contributed by atoms with Crippen molar-refractivity contribution in [2.45, 2.75) is 37.4 Å². The quantitative estimate of drug-likeness (QED) is 0.214. The van der Waals surface area contributed by atoms with E-state index in [2.05, 4.69) is 32.4 Å². The minimum atomic E-state index is -0.251. The predicted octanol–water partition coefficient (Wildman–Crippen LogP) is 3.76. The first-order valence-electron chi connectivity index (χ1n) is 14.5.